The van der Waals surface area contributed by atoms with Crippen molar-refractivity contribution in [3.8, 4) is 0 Å². The maximum absolute atomic E-state index is 11.8. The van der Waals surface area contributed by atoms with Crippen molar-refractivity contribution in [1.82, 2.24) is 10.3 Å². The highest BCUT2D eigenvalue weighted by molar-refractivity contribution is 5.93. The molecule has 1 unspecified atom stereocenters. The minimum atomic E-state index is 0.0269. The first kappa shape index (κ1) is 12.6. The fourth-order valence-electron chi connectivity index (χ4n) is 1.20. The van der Waals surface area contributed by atoms with Gasteiger partial charge in [0.05, 0.1) is 6.54 Å². The first-order chi connectivity index (χ1) is 7.65. The molecule has 0 saturated heterocycles. The number of hydrogen-bond donors (Lipinski definition) is 1. The Morgan fingerprint density at radius 3 is 2.88 bits per heavy atom. The summed E-state index contributed by atoms with van der Waals surface area (Å²) in [6.07, 6.45) is 2.70. The Kier molecular flexibility index (Phi) is 4.92. The van der Waals surface area contributed by atoms with Gasteiger partial charge in [-0.1, -0.05) is 13.0 Å². The summed E-state index contributed by atoms with van der Waals surface area (Å²) in [6.45, 7) is 4.50. The van der Waals surface area contributed by atoms with Crippen LogP contribution in [0, 0.1) is 0 Å². The molecule has 0 aliphatic carbocycles. The number of pyridine rings is 1. The van der Waals surface area contributed by atoms with Crippen LogP contribution >= 0.6 is 0 Å². The number of amides is 1. The molecule has 0 radical (unpaired) electrons. The molecule has 1 N–H and O–H groups in total. The molecule has 0 aliphatic rings. The van der Waals surface area contributed by atoms with E-state index in [-0.39, 0.29) is 5.91 Å². The molecule has 4 heteroatoms. The number of carbonyl (C=O) groups excluding carboxylic acids is 1. The van der Waals surface area contributed by atoms with Crippen LogP contribution in [0.2, 0.25) is 0 Å². The second-order valence-corrected chi connectivity index (χ2v) is 3.83. The summed E-state index contributed by atoms with van der Waals surface area (Å²) < 4.78 is 0. The van der Waals surface area contributed by atoms with Crippen LogP contribution in [0.15, 0.2) is 24.4 Å². The minimum Gasteiger partial charge on any atom is -0.306 e. The molecule has 0 spiro atoms. The maximum Gasteiger partial charge on any atom is 0.241 e. The van der Waals surface area contributed by atoms with Crippen LogP contribution < -0.4 is 10.2 Å². The summed E-state index contributed by atoms with van der Waals surface area (Å²) in [5, 5.41) is 3.16. The van der Waals surface area contributed by atoms with Gasteiger partial charge in [-0.05, 0) is 25.5 Å². The van der Waals surface area contributed by atoms with Crippen LogP contribution in [0.5, 0.6) is 0 Å². The van der Waals surface area contributed by atoms with E-state index in [1.165, 1.54) is 0 Å². The largest absolute Gasteiger partial charge is 0.306 e. The SMILES string of the molecule is CCC(C)NCC(=O)N(C)c1ccccn1. The molecule has 0 bridgehead atoms. The first-order valence-electron chi connectivity index (χ1n) is 5.56. The average Bonchev–Trinajstić information content (AvgIpc) is 2.35. The third kappa shape index (κ3) is 3.62. The Balaban J connectivity index is 2.49. The Morgan fingerprint density at radius 1 is 1.56 bits per heavy atom. The zero-order valence-corrected chi connectivity index (χ0v) is 10.1. The van der Waals surface area contributed by atoms with E-state index in [1.54, 1.807) is 18.1 Å². The summed E-state index contributed by atoms with van der Waals surface area (Å²) in [5.74, 6) is 0.706. The van der Waals surface area contributed by atoms with Crippen molar-refractivity contribution in [2.75, 3.05) is 18.5 Å². The molecular formula is C12H19N3O. The van der Waals surface area contributed by atoms with E-state index in [4.69, 9.17) is 0 Å². The van der Waals surface area contributed by atoms with E-state index < -0.39 is 0 Å². The van der Waals surface area contributed by atoms with E-state index in [2.05, 4.69) is 24.1 Å². The minimum absolute atomic E-state index is 0.0269. The zero-order chi connectivity index (χ0) is 12.0. The number of carbonyl (C=O) groups is 1. The van der Waals surface area contributed by atoms with Crippen LogP contribution in [0.25, 0.3) is 0 Å². The molecule has 4 nitrogen and oxygen atoms in total. The van der Waals surface area contributed by atoms with Crippen LogP contribution in [-0.2, 0) is 4.79 Å². The van der Waals surface area contributed by atoms with Crippen LogP contribution in [0.3, 0.4) is 0 Å². The lowest BCUT2D eigenvalue weighted by atomic mass is 10.2. The Labute approximate surface area is 96.7 Å². The molecule has 0 aromatic carbocycles. The van der Waals surface area contributed by atoms with Crippen molar-refractivity contribution in [3.63, 3.8) is 0 Å². The van der Waals surface area contributed by atoms with Gasteiger partial charge in [0.25, 0.3) is 0 Å². The van der Waals surface area contributed by atoms with Crippen molar-refractivity contribution in [2.45, 2.75) is 26.3 Å². The van der Waals surface area contributed by atoms with Crippen molar-refractivity contribution in [1.29, 1.82) is 0 Å². The molecule has 1 amide bonds. The first-order valence-corrected chi connectivity index (χ1v) is 5.56. The van der Waals surface area contributed by atoms with Gasteiger partial charge < -0.3 is 5.32 Å². The average molecular weight is 221 g/mol. The fourth-order valence-corrected chi connectivity index (χ4v) is 1.20. The Bertz CT molecular complexity index is 326. The Morgan fingerprint density at radius 2 is 2.31 bits per heavy atom. The van der Waals surface area contributed by atoms with Gasteiger partial charge in [-0.2, -0.15) is 0 Å². The van der Waals surface area contributed by atoms with Gasteiger partial charge >= 0.3 is 0 Å². The molecule has 0 aliphatic heterocycles. The zero-order valence-electron chi connectivity index (χ0n) is 10.1. The highest BCUT2D eigenvalue weighted by Gasteiger charge is 2.11. The highest BCUT2D eigenvalue weighted by Crippen LogP contribution is 2.06. The second-order valence-electron chi connectivity index (χ2n) is 3.83. The monoisotopic (exact) mass is 221 g/mol. The highest BCUT2D eigenvalue weighted by atomic mass is 16.2. The van der Waals surface area contributed by atoms with Crippen molar-refractivity contribution >= 4 is 11.7 Å². The molecule has 1 aromatic rings. The molecule has 88 valence electrons. The third-order valence-corrected chi connectivity index (χ3v) is 2.58. The maximum atomic E-state index is 11.8. The number of aromatic nitrogens is 1. The van der Waals surface area contributed by atoms with E-state index >= 15 is 0 Å². The van der Waals surface area contributed by atoms with Gasteiger partial charge in [-0.3, -0.25) is 9.69 Å². The molecule has 1 atom stereocenters. The van der Waals surface area contributed by atoms with Gasteiger partial charge in [0.2, 0.25) is 5.91 Å². The van der Waals surface area contributed by atoms with Crippen molar-refractivity contribution < 1.29 is 4.79 Å². The summed E-state index contributed by atoms with van der Waals surface area (Å²) in [7, 11) is 1.74. The normalized spacial score (nSPS) is 12.2. The smallest absolute Gasteiger partial charge is 0.241 e. The van der Waals surface area contributed by atoms with Crippen LogP contribution in [-0.4, -0.2) is 30.5 Å². The predicted molar refractivity (Wildman–Crippen MR) is 65.4 cm³/mol. The van der Waals surface area contributed by atoms with Crippen LogP contribution in [0.1, 0.15) is 20.3 Å². The molecule has 1 rings (SSSR count). The molecular weight excluding hydrogens is 202 g/mol. The van der Waals surface area contributed by atoms with E-state index in [1.807, 2.05) is 18.2 Å². The van der Waals surface area contributed by atoms with Gasteiger partial charge in [-0.15, -0.1) is 0 Å². The number of nitrogens with one attached hydrogen (secondary N) is 1. The summed E-state index contributed by atoms with van der Waals surface area (Å²) in [4.78, 5) is 17.5. The number of nitrogens with zero attached hydrogens (tertiary/aromatic N) is 2. The quantitative estimate of drug-likeness (QED) is 0.818. The number of rotatable bonds is 5. The molecule has 1 aromatic heterocycles. The standard InChI is InChI=1S/C12H19N3O/c1-4-10(2)14-9-12(16)15(3)11-7-5-6-8-13-11/h5-8,10,14H,4,9H2,1-3H3. The lowest BCUT2D eigenvalue weighted by molar-refractivity contribution is -0.117. The van der Waals surface area contributed by atoms with E-state index in [0.29, 0.717) is 18.4 Å². The van der Waals surface area contributed by atoms with Gasteiger partial charge in [0, 0.05) is 19.3 Å². The number of likely N-dealkylation sites (N-methyl/N-ethyl adjacent to an activating group) is 1. The van der Waals surface area contributed by atoms with Crippen LogP contribution in [0.4, 0.5) is 5.82 Å². The summed E-state index contributed by atoms with van der Waals surface area (Å²) >= 11 is 0. The molecule has 16 heavy (non-hydrogen) atoms. The molecule has 0 fully saturated rings. The van der Waals surface area contributed by atoms with Gasteiger partial charge in [0.1, 0.15) is 5.82 Å². The van der Waals surface area contributed by atoms with Gasteiger partial charge in [0.15, 0.2) is 0 Å². The predicted octanol–water partition coefficient (Wildman–Crippen LogP) is 1.43. The number of hydrogen-bond acceptors (Lipinski definition) is 3. The Hall–Kier alpha value is -1.42. The van der Waals surface area contributed by atoms with E-state index in [9.17, 15) is 4.79 Å². The van der Waals surface area contributed by atoms with E-state index in [0.717, 1.165) is 6.42 Å². The summed E-state index contributed by atoms with van der Waals surface area (Å²) in [6, 6.07) is 5.88. The summed E-state index contributed by atoms with van der Waals surface area (Å²) in [5.41, 5.74) is 0. The topological polar surface area (TPSA) is 45.2 Å². The molecule has 1 heterocycles. The number of anilines is 1. The van der Waals surface area contributed by atoms with Crippen molar-refractivity contribution in [2.24, 2.45) is 0 Å². The lowest BCUT2D eigenvalue weighted by Crippen LogP contribution is -2.39. The fraction of sp³-hybridized carbons (Fsp3) is 0.500. The van der Waals surface area contributed by atoms with Gasteiger partial charge in [-0.25, -0.2) is 4.98 Å². The third-order valence-electron chi connectivity index (χ3n) is 2.58. The lowest BCUT2D eigenvalue weighted by Gasteiger charge is -2.18. The molecule has 0 saturated carbocycles. The van der Waals surface area contributed by atoms with Crippen molar-refractivity contribution in [3.05, 3.63) is 24.4 Å². The second kappa shape index (κ2) is 6.23.